The van der Waals surface area contributed by atoms with E-state index in [1.54, 1.807) is 10.9 Å². The second-order valence-corrected chi connectivity index (χ2v) is 6.50. The molecule has 1 unspecified atom stereocenters. The molecule has 1 N–H and O–H groups in total. The molecule has 156 valence electrons. The van der Waals surface area contributed by atoms with Crippen molar-refractivity contribution >= 4 is 17.6 Å². The smallest absolute Gasteiger partial charge is 0.416 e. The van der Waals surface area contributed by atoms with Crippen LogP contribution in [0.15, 0.2) is 67.0 Å². The van der Waals surface area contributed by atoms with Crippen molar-refractivity contribution in [3.63, 3.8) is 0 Å². The number of carbonyl (C=O) groups is 2. The second kappa shape index (κ2) is 8.81. The van der Waals surface area contributed by atoms with Crippen LogP contribution in [0.5, 0.6) is 0 Å². The molecular formula is C21H18F3N3O3. The zero-order valence-electron chi connectivity index (χ0n) is 15.9. The Labute approximate surface area is 170 Å². The van der Waals surface area contributed by atoms with Gasteiger partial charge in [-0.3, -0.25) is 9.59 Å². The van der Waals surface area contributed by atoms with Crippen LogP contribution in [0.25, 0.3) is 5.69 Å². The topological polar surface area (TPSA) is 73.2 Å². The fraction of sp³-hybridized carbons (Fsp3) is 0.190. The number of carbonyl (C=O) groups excluding carboxylic acids is 2. The lowest BCUT2D eigenvalue weighted by Gasteiger charge is -2.14. The highest BCUT2D eigenvalue weighted by Crippen LogP contribution is 2.29. The number of ether oxygens (including phenoxy) is 1. The Kier molecular flexibility index (Phi) is 6.20. The number of aromatic nitrogens is 2. The predicted molar refractivity (Wildman–Crippen MR) is 103 cm³/mol. The molecular weight excluding hydrogens is 399 g/mol. The third-order valence-electron chi connectivity index (χ3n) is 4.16. The highest BCUT2D eigenvalue weighted by atomic mass is 19.4. The molecule has 0 aliphatic heterocycles. The summed E-state index contributed by atoms with van der Waals surface area (Å²) in [5.41, 5.74) is 0.789. The third kappa shape index (κ3) is 5.47. The Hall–Kier alpha value is -3.62. The van der Waals surface area contributed by atoms with Gasteiger partial charge in [-0.1, -0.05) is 18.2 Å². The van der Waals surface area contributed by atoms with Gasteiger partial charge in [0.25, 0.3) is 5.91 Å². The van der Waals surface area contributed by atoms with Gasteiger partial charge in [0.05, 0.1) is 23.9 Å². The predicted octanol–water partition coefficient (Wildman–Crippen LogP) is 4.00. The first-order chi connectivity index (χ1) is 14.2. The number of nitrogens with one attached hydrogen (secondary N) is 1. The molecule has 0 fully saturated rings. The first-order valence-corrected chi connectivity index (χ1v) is 8.99. The number of nitrogens with zero attached hydrogens (tertiary/aromatic N) is 2. The maximum Gasteiger partial charge on any atom is 0.416 e. The highest BCUT2D eigenvalue weighted by molar-refractivity contribution is 5.95. The summed E-state index contributed by atoms with van der Waals surface area (Å²) in [6, 6.07) is 13.3. The second-order valence-electron chi connectivity index (χ2n) is 6.50. The summed E-state index contributed by atoms with van der Waals surface area (Å²) in [6.45, 7) is 1.38. The van der Waals surface area contributed by atoms with Crippen LogP contribution in [0.4, 0.5) is 18.9 Å². The van der Waals surface area contributed by atoms with E-state index in [9.17, 15) is 22.8 Å². The Morgan fingerprint density at radius 3 is 2.40 bits per heavy atom. The van der Waals surface area contributed by atoms with E-state index in [1.807, 2.05) is 30.3 Å². The van der Waals surface area contributed by atoms with Crippen LogP contribution < -0.4 is 5.32 Å². The van der Waals surface area contributed by atoms with Gasteiger partial charge in [0.1, 0.15) is 0 Å². The summed E-state index contributed by atoms with van der Waals surface area (Å²) < 4.78 is 44.5. The van der Waals surface area contributed by atoms with Gasteiger partial charge in [-0.2, -0.15) is 18.3 Å². The molecule has 9 heteroatoms. The fourth-order valence-electron chi connectivity index (χ4n) is 2.62. The Morgan fingerprint density at radius 1 is 1.10 bits per heavy atom. The first-order valence-electron chi connectivity index (χ1n) is 8.99. The van der Waals surface area contributed by atoms with E-state index in [4.69, 9.17) is 4.74 Å². The highest BCUT2D eigenvalue weighted by Gasteiger charge is 2.30. The van der Waals surface area contributed by atoms with Crippen molar-refractivity contribution in [2.75, 3.05) is 5.32 Å². The van der Waals surface area contributed by atoms with Crippen LogP contribution >= 0.6 is 0 Å². The van der Waals surface area contributed by atoms with E-state index in [0.717, 1.165) is 30.0 Å². The number of halogens is 3. The van der Waals surface area contributed by atoms with Crippen molar-refractivity contribution < 1.29 is 27.5 Å². The number of hydrogen-bond donors (Lipinski definition) is 1. The van der Waals surface area contributed by atoms with E-state index in [2.05, 4.69) is 10.4 Å². The van der Waals surface area contributed by atoms with Gasteiger partial charge in [0.15, 0.2) is 6.10 Å². The number of rotatable bonds is 6. The molecule has 0 saturated heterocycles. The van der Waals surface area contributed by atoms with Crippen molar-refractivity contribution in [1.82, 2.24) is 9.78 Å². The Balaban J connectivity index is 1.53. The number of benzene rings is 2. The van der Waals surface area contributed by atoms with Crippen LogP contribution in [-0.2, 0) is 26.9 Å². The van der Waals surface area contributed by atoms with E-state index < -0.39 is 29.7 Å². The van der Waals surface area contributed by atoms with Gasteiger partial charge in [-0.25, -0.2) is 4.68 Å². The van der Waals surface area contributed by atoms with Crippen molar-refractivity contribution in [2.24, 2.45) is 0 Å². The van der Waals surface area contributed by atoms with Gasteiger partial charge in [-0.05, 0) is 43.3 Å². The van der Waals surface area contributed by atoms with Gasteiger partial charge < -0.3 is 10.1 Å². The number of para-hydroxylation sites is 1. The fourth-order valence-corrected chi connectivity index (χ4v) is 2.62. The Bertz CT molecular complexity index is 1020. The zero-order valence-corrected chi connectivity index (χ0v) is 15.9. The molecule has 3 aromatic rings. The zero-order chi connectivity index (χ0) is 21.7. The monoisotopic (exact) mass is 417 g/mol. The average Bonchev–Trinajstić information content (AvgIpc) is 3.16. The molecule has 3 rings (SSSR count). The molecule has 30 heavy (non-hydrogen) atoms. The molecule has 1 aromatic heterocycles. The summed E-state index contributed by atoms with van der Waals surface area (Å²) in [5.74, 6) is -1.28. The molecule has 0 aliphatic rings. The van der Waals surface area contributed by atoms with Gasteiger partial charge in [0.2, 0.25) is 0 Å². The van der Waals surface area contributed by atoms with Crippen LogP contribution in [-0.4, -0.2) is 27.8 Å². The minimum atomic E-state index is -4.46. The summed E-state index contributed by atoms with van der Waals surface area (Å²) in [6.07, 6.45) is -2.45. The number of hydrogen-bond acceptors (Lipinski definition) is 4. The molecule has 0 bridgehead atoms. The van der Waals surface area contributed by atoms with Gasteiger partial charge >= 0.3 is 12.1 Å². The Morgan fingerprint density at radius 2 is 1.77 bits per heavy atom. The number of anilines is 1. The van der Waals surface area contributed by atoms with Crippen LogP contribution in [0.2, 0.25) is 0 Å². The largest absolute Gasteiger partial charge is 0.452 e. The average molecular weight is 417 g/mol. The first kappa shape index (κ1) is 21.1. The summed E-state index contributed by atoms with van der Waals surface area (Å²) in [7, 11) is 0. The minimum Gasteiger partial charge on any atom is -0.452 e. The van der Waals surface area contributed by atoms with Crippen molar-refractivity contribution in [2.45, 2.75) is 25.6 Å². The quantitative estimate of drug-likeness (QED) is 0.616. The maximum absolute atomic E-state index is 12.6. The summed E-state index contributed by atoms with van der Waals surface area (Å²) in [4.78, 5) is 24.3. The molecule has 6 nitrogen and oxygen atoms in total. The SMILES string of the molecule is CC(OC(=O)Cc1cnn(-c2ccccc2)c1)C(=O)Nc1ccc(C(F)(F)F)cc1. The van der Waals surface area contributed by atoms with Crippen LogP contribution in [0.1, 0.15) is 18.1 Å². The molecule has 1 amide bonds. The molecule has 0 radical (unpaired) electrons. The summed E-state index contributed by atoms with van der Waals surface area (Å²) in [5, 5.41) is 6.60. The third-order valence-corrected chi connectivity index (χ3v) is 4.16. The van der Waals surface area contributed by atoms with E-state index >= 15 is 0 Å². The minimum absolute atomic E-state index is 0.0786. The molecule has 0 aliphatic carbocycles. The standard InChI is InChI=1S/C21H18F3N3O3/c1-14(20(29)26-17-9-7-16(8-10-17)21(22,23)24)30-19(28)11-15-12-25-27(13-15)18-5-3-2-4-6-18/h2-10,12-14H,11H2,1H3,(H,26,29). The molecule has 0 spiro atoms. The molecule has 1 heterocycles. The van der Waals surface area contributed by atoms with Crippen molar-refractivity contribution in [3.8, 4) is 5.69 Å². The lowest BCUT2D eigenvalue weighted by molar-refractivity contribution is -0.152. The van der Waals surface area contributed by atoms with Crippen molar-refractivity contribution in [1.29, 1.82) is 0 Å². The maximum atomic E-state index is 12.6. The van der Waals surface area contributed by atoms with Gasteiger partial charge in [0, 0.05) is 17.4 Å². The van der Waals surface area contributed by atoms with E-state index in [1.165, 1.54) is 13.1 Å². The normalized spacial score (nSPS) is 12.3. The van der Waals surface area contributed by atoms with Crippen LogP contribution in [0.3, 0.4) is 0 Å². The van der Waals surface area contributed by atoms with E-state index in [-0.39, 0.29) is 12.1 Å². The summed E-state index contributed by atoms with van der Waals surface area (Å²) >= 11 is 0. The number of esters is 1. The molecule has 0 saturated carbocycles. The lowest BCUT2D eigenvalue weighted by Crippen LogP contribution is -2.30. The number of amides is 1. The van der Waals surface area contributed by atoms with Crippen LogP contribution in [0, 0.1) is 0 Å². The molecule has 1 atom stereocenters. The van der Waals surface area contributed by atoms with Crippen molar-refractivity contribution in [3.05, 3.63) is 78.1 Å². The van der Waals surface area contributed by atoms with Gasteiger partial charge in [-0.15, -0.1) is 0 Å². The number of alkyl halides is 3. The molecule has 2 aromatic carbocycles. The lowest BCUT2D eigenvalue weighted by atomic mass is 10.2. The van der Waals surface area contributed by atoms with E-state index in [0.29, 0.717) is 5.56 Å².